The van der Waals surface area contributed by atoms with Crippen LogP contribution in [0, 0.1) is 11.8 Å². The van der Waals surface area contributed by atoms with Gasteiger partial charge in [0.2, 0.25) is 0 Å². The Morgan fingerprint density at radius 2 is 1.81 bits per heavy atom. The number of esters is 1. The molecule has 94 valence electrons. The van der Waals surface area contributed by atoms with E-state index in [1.54, 1.807) is 0 Å². The summed E-state index contributed by atoms with van der Waals surface area (Å²) in [5.74, 6) is 0.959. The molecule has 1 N–H and O–H groups in total. The van der Waals surface area contributed by atoms with Crippen molar-refractivity contribution in [3.8, 4) is 0 Å². The second kappa shape index (κ2) is 5.17. The fourth-order valence-electron chi connectivity index (χ4n) is 2.35. The van der Waals surface area contributed by atoms with Crippen LogP contribution in [0.4, 0.5) is 0 Å². The molecule has 0 aliphatic heterocycles. The minimum absolute atomic E-state index is 0.362. The molecule has 0 radical (unpaired) electrons. The molecule has 0 bridgehead atoms. The van der Waals surface area contributed by atoms with Crippen molar-refractivity contribution in [3.05, 3.63) is 0 Å². The molecule has 0 heterocycles. The van der Waals surface area contributed by atoms with Crippen LogP contribution in [-0.4, -0.2) is 22.8 Å². The largest absolute Gasteiger partial charge is 0.457 e. The van der Waals surface area contributed by atoms with Crippen molar-refractivity contribution < 1.29 is 14.6 Å². The summed E-state index contributed by atoms with van der Waals surface area (Å²) >= 11 is 0. The Morgan fingerprint density at radius 3 is 2.19 bits per heavy atom. The van der Waals surface area contributed by atoms with Gasteiger partial charge >= 0.3 is 5.97 Å². The maximum Gasteiger partial charge on any atom is 0.335 e. The summed E-state index contributed by atoms with van der Waals surface area (Å²) in [6, 6.07) is 0. The standard InChI is InChI=1S/C13H24O3/c1-9(2)11-5-7-13(4,8-6-11)16-12(15)10(3)14/h9-11,14H,5-8H2,1-4H3. The lowest BCUT2D eigenvalue weighted by atomic mass is 9.75. The van der Waals surface area contributed by atoms with Crippen molar-refractivity contribution in [1.82, 2.24) is 0 Å². The Hall–Kier alpha value is -0.570. The molecule has 1 aliphatic rings. The van der Waals surface area contributed by atoms with E-state index < -0.39 is 12.1 Å². The van der Waals surface area contributed by atoms with E-state index in [1.807, 2.05) is 6.92 Å². The van der Waals surface area contributed by atoms with Gasteiger partial charge in [-0.15, -0.1) is 0 Å². The van der Waals surface area contributed by atoms with E-state index in [4.69, 9.17) is 9.84 Å². The average molecular weight is 228 g/mol. The number of carbonyl (C=O) groups excluding carboxylic acids is 1. The molecule has 16 heavy (non-hydrogen) atoms. The lowest BCUT2D eigenvalue weighted by Crippen LogP contribution is -2.39. The van der Waals surface area contributed by atoms with Crippen molar-refractivity contribution in [3.63, 3.8) is 0 Å². The fourth-order valence-corrected chi connectivity index (χ4v) is 2.35. The third-order valence-electron chi connectivity index (χ3n) is 3.72. The Kier molecular flexibility index (Phi) is 4.36. The number of carbonyl (C=O) groups is 1. The predicted molar refractivity (Wildman–Crippen MR) is 63.0 cm³/mol. The van der Waals surface area contributed by atoms with Gasteiger partial charge in [-0.1, -0.05) is 13.8 Å². The highest BCUT2D eigenvalue weighted by atomic mass is 16.6. The van der Waals surface area contributed by atoms with E-state index in [-0.39, 0.29) is 5.60 Å². The molecule has 1 fully saturated rings. The molecule has 0 aromatic carbocycles. The van der Waals surface area contributed by atoms with Gasteiger partial charge in [-0.25, -0.2) is 4.79 Å². The number of rotatable bonds is 3. The van der Waals surface area contributed by atoms with Gasteiger partial charge in [-0.05, 0) is 51.4 Å². The van der Waals surface area contributed by atoms with E-state index in [2.05, 4.69) is 13.8 Å². The molecular weight excluding hydrogens is 204 g/mol. The van der Waals surface area contributed by atoms with Crippen LogP contribution in [0.2, 0.25) is 0 Å². The zero-order chi connectivity index (χ0) is 12.3. The highest BCUT2D eigenvalue weighted by molar-refractivity contribution is 5.74. The first-order valence-corrected chi connectivity index (χ1v) is 6.25. The van der Waals surface area contributed by atoms with E-state index in [1.165, 1.54) is 6.92 Å². The van der Waals surface area contributed by atoms with Crippen LogP contribution in [0.5, 0.6) is 0 Å². The van der Waals surface area contributed by atoms with Gasteiger partial charge < -0.3 is 9.84 Å². The van der Waals surface area contributed by atoms with E-state index >= 15 is 0 Å². The quantitative estimate of drug-likeness (QED) is 0.755. The highest BCUT2D eigenvalue weighted by Gasteiger charge is 2.35. The van der Waals surface area contributed by atoms with Gasteiger partial charge in [0.15, 0.2) is 0 Å². The maximum absolute atomic E-state index is 11.4. The third-order valence-corrected chi connectivity index (χ3v) is 3.72. The SMILES string of the molecule is CC(O)C(=O)OC1(C)CCC(C(C)C)CC1. The topological polar surface area (TPSA) is 46.5 Å². The van der Waals surface area contributed by atoms with E-state index in [9.17, 15) is 4.79 Å². The third kappa shape index (κ3) is 3.48. The highest BCUT2D eigenvalue weighted by Crippen LogP contribution is 2.37. The van der Waals surface area contributed by atoms with Crippen LogP contribution >= 0.6 is 0 Å². The van der Waals surface area contributed by atoms with Crippen LogP contribution in [0.15, 0.2) is 0 Å². The summed E-state index contributed by atoms with van der Waals surface area (Å²) in [6.45, 7) is 7.92. The molecule has 3 nitrogen and oxygen atoms in total. The first-order valence-electron chi connectivity index (χ1n) is 6.25. The molecular formula is C13H24O3. The summed E-state index contributed by atoms with van der Waals surface area (Å²) in [7, 11) is 0. The monoisotopic (exact) mass is 228 g/mol. The summed E-state index contributed by atoms with van der Waals surface area (Å²) in [5, 5.41) is 9.13. The van der Waals surface area contributed by atoms with E-state index in [0.29, 0.717) is 5.92 Å². The average Bonchev–Trinajstić information content (AvgIpc) is 2.17. The van der Waals surface area contributed by atoms with Gasteiger partial charge in [-0.3, -0.25) is 0 Å². The molecule has 1 saturated carbocycles. The van der Waals surface area contributed by atoms with Gasteiger partial charge in [0.05, 0.1) is 0 Å². The molecule has 1 unspecified atom stereocenters. The molecule has 3 heteroatoms. The number of ether oxygens (including phenoxy) is 1. The maximum atomic E-state index is 11.4. The van der Waals surface area contributed by atoms with Crippen LogP contribution in [0.3, 0.4) is 0 Å². The summed E-state index contributed by atoms with van der Waals surface area (Å²) in [6.07, 6.45) is 3.03. The van der Waals surface area contributed by atoms with E-state index in [0.717, 1.165) is 31.6 Å². The molecule has 0 amide bonds. The van der Waals surface area contributed by atoms with Crippen LogP contribution in [0.25, 0.3) is 0 Å². The molecule has 1 atom stereocenters. The first-order chi connectivity index (χ1) is 7.34. The fraction of sp³-hybridized carbons (Fsp3) is 0.923. The molecule has 0 aromatic heterocycles. The van der Waals surface area contributed by atoms with Crippen LogP contribution in [0.1, 0.15) is 53.4 Å². The Morgan fingerprint density at radius 1 is 1.31 bits per heavy atom. The van der Waals surface area contributed by atoms with Gasteiger partial charge in [0.25, 0.3) is 0 Å². The number of aliphatic hydroxyl groups is 1. The zero-order valence-electron chi connectivity index (χ0n) is 10.8. The normalized spacial score (nSPS) is 32.5. The summed E-state index contributed by atoms with van der Waals surface area (Å²) in [5.41, 5.74) is -0.362. The lowest BCUT2D eigenvalue weighted by molar-refractivity contribution is -0.171. The zero-order valence-corrected chi connectivity index (χ0v) is 10.8. The number of aliphatic hydroxyl groups excluding tert-OH is 1. The second-order valence-corrected chi connectivity index (χ2v) is 5.63. The van der Waals surface area contributed by atoms with Gasteiger partial charge in [0, 0.05) is 0 Å². The second-order valence-electron chi connectivity index (χ2n) is 5.63. The smallest absolute Gasteiger partial charge is 0.335 e. The Balaban J connectivity index is 2.47. The summed E-state index contributed by atoms with van der Waals surface area (Å²) in [4.78, 5) is 11.4. The van der Waals surface area contributed by atoms with Gasteiger partial charge in [-0.2, -0.15) is 0 Å². The van der Waals surface area contributed by atoms with Crippen LogP contribution in [-0.2, 0) is 9.53 Å². The molecule has 0 aromatic rings. The van der Waals surface area contributed by atoms with Crippen molar-refractivity contribution >= 4 is 5.97 Å². The number of hydrogen-bond donors (Lipinski definition) is 1. The van der Waals surface area contributed by atoms with Crippen LogP contribution < -0.4 is 0 Å². The minimum Gasteiger partial charge on any atom is -0.457 e. The van der Waals surface area contributed by atoms with Crippen molar-refractivity contribution in [2.24, 2.45) is 11.8 Å². The van der Waals surface area contributed by atoms with Gasteiger partial charge in [0.1, 0.15) is 11.7 Å². The Labute approximate surface area is 98.2 Å². The lowest BCUT2D eigenvalue weighted by Gasteiger charge is -2.38. The van der Waals surface area contributed by atoms with Crippen molar-refractivity contribution in [2.75, 3.05) is 0 Å². The molecule has 0 saturated heterocycles. The van der Waals surface area contributed by atoms with Crippen molar-refractivity contribution in [1.29, 1.82) is 0 Å². The molecule has 1 aliphatic carbocycles. The molecule has 0 spiro atoms. The summed E-state index contributed by atoms with van der Waals surface area (Å²) < 4.78 is 5.38. The predicted octanol–water partition coefficient (Wildman–Crippen LogP) is 2.52. The number of hydrogen-bond acceptors (Lipinski definition) is 3. The minimum atomic E-state index is -1.01. The Bertz CT molecular complexity index is 238. The molecule has 1 rings (SSSR count). The first kappa shape index (κ1) is 13.5. The van der Waals surface area contributed by atoms with Crippen molar-refractivity contribution in [2.45, 2.75) is 65.1 Å².